The van der Waals surface area contributed by atoms with Crippen LogP contribution in [0.15, 0.2) is 16.5 Å². The van der Waals surface area contributed by atoms with Gasteiger partial charge in [-0.3, -0.25) is 14.9 Å². The molecule has 1 amide bonds. The van der Waals surface area contributed by atoms with E-state index < -0.39 is 16.7 Å². The van der Waals surface area contributed by atoms with E-state index in [0.29, 0.717) is 0 Å². The second-order valence-corrected chi connectivity index (χ2v) is 2.71. The summed E-state index contributed by atoms with van der Waals surface area (Å²) in [5, 5.41) is 18.6. The number of nitrogens with zero attached hydrogens (tertiary/aromatic N) is 3. The summed E-state index contributed by atoms with van der Waals surface area (Å²) in [4.78, 5) is 22.1. The van der Waals surface area contributed by atoms with Gasteiger partial charge < -0.3 is 9.32 Å². The number of furan rings is 1. The predicted molar refractivity (Wildman–Crippen MR) is 47.9 cm³/mol. The number of amides is 1. The highest BCUT2D eigenvalue weighted by molar-refractivity contribution is 5.91. The Kier molecular flexibility index (Phi) is 3.03. The normalized spacial score (nSPS) is 9.33. The second-order valence-electron chi connectivity index (χ2n) is 2.71. The Balaban J connectivity index is 2.84. The molecule has 1 heterocycles. The van der Waals surface area contributed by atoms with E-state index in [-0.39, 0.29) is 12.3 Å². The fourth-order valence-electron chi connectivity index (χ4n) is 0.907. The maximum atomic E-state index is 11.4. The summed E-state index contributed by atoms with van der Waals surface area (Å²) < 4.78 is 4.67. The van der Waals surface area contributed by atoms with Crippen LogP contribution in [0, 0.1) is 21.4 Å². The Morgan fingerprint density at radius 3 is 2.87 bits per heavy atom. The first kappa shape index (κ1) is 10.7. The molecule has 0 aliphatic carbocycles. The third-order valence-corrected chi connectivity index (χ3v) is 1.64. The third kappa shape index (κ3) is 2.31. The molecule has 0 radical (unpaired) electrons. The molecule has 0 aliphatic heterocycles. The molecule has 0 spiro atoms. The zero-order valence-corrected chi connectivity index (χ0v) is 7.84. The first-order valence-electron chi connectivity index (χ1n) is 3.93. The molecule has 1 aromatic heterocycles. The van der Waals surface area contributed by atoms with Gasteiger partial charge in [0, 0.05) is 7.05 Å². The molecular formula is C8H7N3O4. The van der Waals surface area contributed by atoms with E-state index >= 15 is 0 Å². The van der Waals surface area contributed by atoms with Gasteiger partial charge in [-0.2, -0.15) is 5.26 Å². The lowest BCUT2D eigenvalue weighted by atomic mass is 10.4. The molecule has 1 rings (SSSR count). The number of rotatable bonds is 3. The standard InChI is InChI=1S/C8H7N3O4/c1-10(5-4-9)8(12)6-2-3-7(15-6)11(13)14/h2-3H,5H2,1H3. The van der Waals surface area contributed by atoms with E-state index in [1.165, 1.54) is 13.1 Å². The Hall–Kier alpha value is -2.36. The highest BCUT2D eigenvalue weighted by Gasteiger charge is 2.19. The fourth-order valence-corrected chi connectivity index (χ4v) is 0.907. The monoisotopic (exact) mass is 209 g/mol. The zero-order chi connectivity index (χ0) is 11.4. The Labute approximate surface area is 84.7 Å². The quantitative estimate of drug-likeness (QED) is 0.416. The van der Waals surface area contributed by atoms with Crippen molar-refractivity contribution in [3.05, 3.63) is 28.0 Å². The van der Waals surface area contributed by atoms with Gasteiger partial charge in [0.25, 0.3) is 5.91 Å². The van der Waals surface area contributed by atoms with Crippen LogP contribution < -0.4 is 0 Å². The number of nitro groups is 1. The van der Waals surface area contributed by atoms with Gasteiger partial charge in [-0.1, -0.05) is 0 Å². The SMILES string of the molecule is CN(CC#N)C(=O)c1ccc([N+](=O)[O-])o1. The van der Waals surface area contributed by atoms with E-state index in [4.69, 9.17) is 5.26 Å². The molecular weight excluding hydrogens is 202 g/mol. The minimum Gasteiger partial charge on any atom is -0.395 e. The lowest BCUT2D eigenvalue weighted by molar-refractivity contribution is -0.402. The maximum absolute atomic E-state index is 11.4. The lowest BCUT2D eigenvalue weighted by Crippen LogP contribution is -2.26. The smallest absolute Gasteiger partial charge is 0.395 e. The molecule has 15 heavy (non-hydrogen) atoms. The molecule has 0 saturated heterocycles. The van der Waals surface area contributed by atoms with Crippen LogP contribution in [-0.4, -0.2) is 29.3 Å². The molecule has 0 N–H and O–H groups in total. The molecule has 7 heteroatoms. The van der Waals surface area contributed by atoms with Gasteiger partial charge in [0.1, 0.15) is 11.5 Å². The summed E-state index contributed by atoms with van der Waals surface area (Å²) in [6.07, 6.45) is 0. The predicted octanol–water partition coefficient (Wildman–Crippen LogP) is 0.783. The van der Waals surface area contributed by atoms with Crippen molar-refractivity contribution >= 4 is 11.8 Å². The van der Waals surface area contributed by atoms with Gasteiger partial charge in [-0.25, -0.2) is 0 Å². The van der Waals surface area contributed by atoms with Crippen molar-refractivity contribution in [3.8, 4) is 6.07 Å². The minimum absolute atomic E-state index is 0.104. The van der Waals surface area contributed by atoms with Crippen LogP contribution >= 0.6 is 0 Å². The summed E-state index contributed by atoms with van der Waals surface area (Å²) >= 11 is 0. The summed E-state index contributed by atoms with van der Waals surface area (Å²) in [6.45, 7) is -0.104. The average Bonchev–Trinajstić information content (AvgIpc) is 2.65. The van der Waals surface area contributed by atoms with Gasteiger partial charge >= 0.3 is 5.88 Å². The van der Waals surface area contributed by atoms with Gasteiger partial charge in [0.05, 0.1) is 12.1 Å². The Morgan fingerprint density at radius 1 is 1.73 bits per heavy atom. The van der Waals surface area contributed by atoms with Crippen LogP contribution in [0.2, 0.25) is 0 Å². The molecule has 0 atom stereocenters. The zero-order valence-electron chi connectivity index (χ0n) is 7.84. The number of carbonyl (C=O) groups is 1. The molecule has 0 unspecified atom stereocenters. The topological polar surface area (TPSA) is 100 Å². The first-order chi connectivity index (χ1) is 7.06. The highest BCUT2D eigenvalue weighted by Crippen LogP contribution is 2.16. The van der Waals surface area contributed by atoms with Crippen molar-refractivity contribution < 1.29 is 14.1 Å². The van der Waals surface area contributed by atoms with Gasteiger partial charge in [0.2, 0.25) is 0 Å². The van der Waals surface area contributed by atoms with E-state index in [1.54, 1.807) is 6.07 Å². The molecule has 78 valence electrons. The van der Waals surface area contributed by atoms with Crippen LogP contribution in [-0.2, 0) is 0 Å². The summed E-state index contributed by atoms with van der Waals surface area (Å²) in [7, 11) is 1.40. The highest BCUT2D eigenvalue weighted by atomic mass is 16.6. The van der Waals surface area contributed by atoms with Crippen molar-refractivity contribution in [1.29, 1.82) is 5.26 Å². The van der Waals surface area contributed by atoms with Crippen molar-refractivity contribution in [2.24, 2.45) is 0 Å². The van der Waals surface area contributed by atoms with Crippen LogP contribution in [0.3, 0.4) is 0 Å². The fraction of sp³-hybridized carbons (Fsp3) is 0.250. The van der Waals surface area contributed by atoms with Crippen LogP contribution in [0.25, 0.3) is 0 Å². The first-order valence-corrected chi connectivity index (χ1v) is 3.93. The average molecular weight is 209 g/mol. The number of nitriles is 1. The Bertz CT molecular complexity index is 431. The maximum Gasteiger partial charge on any atom is 0.433 e. The molecule has 0 aromatic carbocycles. The van der Waals surface area contributed by atoms with E-state index in [2.05, 4.69) is 4.42 Å². The number of hydrogen-bond donors (Lipinski definition) is 0. The van der Waals surface area contributed by atoms with Crippen molar-refractivity contribution in [1.82, 2.24) is 4.90 Å². The molecule has 0 bridgehead atoms. The van der Waals surface area contributed by atoms with Gasteiger partial charge in [0.15, 0.2) is 5.76 Å². The van der Waals surface area contributed by atoms with Crippen LogP contribution in [0.1, 0.15) is 10.6 Å². The number of hydrogen-bond acceptors (Lipinski definition) is 5. The lowest BCUT2D eigenvalue weighted by Gasteiger charge is -2.09. The number of carbonyl (C=O) groups excluding carboxylic acids is 1. The molecule has 0 aliphatic rings. The van der Waals surface area contributed by atoms with Gasteiger partial charge in [-0.15, -0.1) is 0 Å². The summed E-state index contributed by atoms with van der Waals surface area (Å²) in [5.41, 5.74) is 0. The van der Waals surface area contributed by atoms with Crippen LogP contribution in [0.4, 0.5) is 5.88 Å². The van der Waals surface area contributed by atoms with E-state index in [1.807, 2.05) is 0 Å². The summed E-state index contributed by atoms with van der Waals surface area (Å²) in [5.74, 6) is -1.21. The molecule has 0 saturated carbocycles. The van der Waals surface area contributed by atoms with Crippen molar-refractivity contribution in [3.63, 3.8) is 0 Å². The van der Waals surface area contributed by atoms with Gasteiger partial charge in [-0.05, 0) is 6.07 Å². The summed E-state index contributed by atoms with van der Waals surface area (Å²) in [6, 6.07) is 4.07. The third-order valence-electron chi connectivity index (χ3n) is 1.64. The van der Waals surface area contributed by atoms with Crippen molar-refractivity contribution in [2.45, 2.75) is 0 Å². The van der Waals surface area contributed by atoms with Crippen LogP contribution in [0.5, 0.6) is 0 Å². The Morgan fingerprint density at radius 2 is 2.40 bits per heavy atom. The van der Waals surface area contributed by atoms with E-state index in [9.17, 15) is 14.9 Å². The second kappa shape index (κ2) is 4.23. The molecule has 7 nitrogen and oxygen atoms in total. The minimum atomic E-state index is -0.735. The molecule has 0 fully saturated rings. The largest absolute Gasteiger partial charge is 0.433 e. The van der Waals surface area contributed by atoms with E-state index in [0.717, 1.165) is 11.0 Å². The van der Waals surface area contributed by atoms with Crippen molar-refractivity contribution in [2.75, 3.05) is 13.6 Å². The molecule has 1 aromatic rings.